The van der Waals surface area contributed by atoms with Crippen LogP contribution < -0.4 is 14.8 Å². The van der Waals surface area contributed by atoms with Gasteiger partial charge >= 0.3 is 0 Å². The van der Waals surface area contributed by atoms with Crippen LogP contribution in [0.25, 0.3) is 0 Å². The summed E-state index contributed by atoms with van der Waals surface area (Å²) in [5.41, 5.74) is 0.811. The summed E-state index contributed by atoms with van der Waals surface area (Å²) in [4.78, 5) is 25.4. The molecule has 2 aromatic rings. The van der Waals surface area contributed by atoms with E-state index in [0.29, 0.717) is 32.0 Å². The Balaban J connectivity index is 1.71. The first-order valence-corrected chi connectivity index (χ1v) is 9.01. The molecule has 0 saturated carbocycles. The second-order valence-corrected chi connectivity index (χ2v) is 6.18. The minimum atomic E-state index is -0.316. The normalized spacial score (nSPS) is 10.2. The van der Waals surface area contributed by atoms with Crippen LogP contribution in [0, 0.1) is 5.82 Å². The van der Waals surface area contributed by atoms with Crippen LogP contribution in [0.15, 0.2) is 48.5 Å². The van der Waals surface area contributed by atoms with E-state index in [0.717, 1.165) is 11.3 Å². The summed E-state index contributed by atoms with van der Waals surface area (Å²) in [5.74, 6) is 0.811. The molecule has 0 aliphatic carbocycles. The van der Waals surface area contributed by atoms with Crippen molar-refractivity contribution in [3.63, 3.8) is 0 Å². The Labute approximate surface area is 164 Å². The number of nitrogens with one attached hydrogen (secondary N) is 1. The van der Waals surface area contributed by atoms with Crippen LogP contribution in [-0.2, 0) is 16.1 Å². The molecular weight excluding hydrogens is 363 g/mol. The first-order chi connectivity index (χ1) is 13.5. The molecule has 0 atom stereocenters. The molecule has 0 radical (unpaired) electrons. The third kappa shape index (κ3) is 7.26. The Hall–Kier alpha value is -3.09. The molecule has 0 fully saturated rings. The number of amides is 2. The summed E-state index contributed by atoms with van der Waals surface area (Å²) in [5, 5.41) is 2.76. The summed E-state index contributed by atoms with van der Waals surface area (Å²) < 4.78 is 23.6. The quantitative estimate of drug-likeness (QED) is 0.680. The van der Waals surface area contributed by atoms with Gasteiger partial charge in [-0.1, -0.05) is 12.1 Å². The van der Waals surface area contributed by atoms with E-state index in [2.05, 4.69) is 5.32 Å². The third-order valence-corrected chi connectivity index (χ3v) is 4.15. The minimum Gasteiger partial charge on any atom is -0.497 e. The van der Waals surface area contributed by atoms with E-state index in [1.807, 2.05) is 0 Å². The van der Waals surface area contributed by atoms with Crippen molar-refractivity contribution < 1.29 is 23.5 Å². The fraction of sp³-hybridized carbons (Fsp3) is 0.333. The SMILES string of the molecule is COc1ccc(OCCN(CCC(=O)NCc2ccc(F)cc2)C(C)=O)cc1. The van der Waals surface area contributed by atoms with Gasteiger partial charge in [-0.25, -0.2) is 4.39 Å². The van der Waals surface area contributed by atoms with Crippen molar-refractivity contribution in [3.8, 4) is 11.5 Å². The molecule has 2 rings (SSSR count). The number of hydrogen-bond acceptors (Lipinski definition) is 4. The lowest BCUT2D eigenvalue weighted by Crippen LogP contribution is -2.36. The highest BCUT2D eigenvalue weighted by Crippen LogP contribution is 2.16. The minimum absolute atomic E-state index is 0.121. The number of nitrogens with zero attached hydrogens (tertiary/aromatic N) is 1. The Morgan fingerprint density at radius 2 is 1.64 bits per heavy atom. The number of methoxy groups -OCH3 is 1. The lowest BCUT2D eigenvalue weighted by molar-refractivity contribution is -0.130. The van der Waals surface area contributed by atoms with E-state index < -0.39 is 0 Å². The second-order valence-electron chi connectivity index (χ2n) is 6.18. The van der Waals surface area contributed by atoms with Gasteiger partial charge in [0.2, 0.25) is 11.8 Å². The van der Waals surface area contributed by atoms with E-state index >= 15 is 0 Å². The molecule has 0 unspecified atom stereocenters. The predicted octanol–water partition coefficient (Wildman–Crippen LogP) is 2.77. The zero-order chi connectivity index (χ0) is 20.4. The number of hydrogen-bond donors (Lipinski definition) is 1. The largest absolute Gasteiger partial charge is 0.497 e. The molecule has 0 aliphatic rings. The number of carbonyl (C=O) groups is 2. The Kier molecular flexibility index (Phi) is 8.27. The Morgan fingerprint density at radius 3 is 2.25 bits per heavy atom. The monoisotopic (exact) mass is 388 g/mol. The molecule has 0 saturated heterocycles. The van der Waals surface area contributed by atoms with Crippen LogP contribution in [0.2, 0.25) is 0 Å². The molecule has 1 N–H and O–H groups in total. The van der Waals surface area contributed by atoms with Gasteiger partial charge in [0.25, 0.3) is 0 Å². The molecule has 150 valence electrons. The summed E-state index contributed by atoms with van der Waals surface area (Å²) in [6, 6.07) is 13.1. The van der Waals surface area contributed by atoms with Gasteiger partial charge in [-0.05, 0) is 42.0 Å². The lowest BCUT2D eigenvalue weighted by atomic mass is 10.2. The first-order valence-electron chi connectivity index (χ1n) is 9.01. The summed E-state index contributed by atoms with van der Waals surface area (Å²) in [7, 11) is 1.59. The highest BCUT2D eigenvalue weighted by atomic mass is 19.1. The van der Waals surface area contributed by atoms with Crippen molar-refractivity contribution >= 4 is 11.8 Å². The van der Waals surface area contributed by atoms with Gasteiger partial charge in [0, 0.05) is 26.4 Å². The molecule has 28 heavy (non-hydrogen) atoms. The van der Waals surface area contributed by atoms with Crippen LogP contribution in [-0.4, -0.2) is 43.5 Å². The zero-order valence-electron chi connectivity index (χ0n) is 16.1. The fourth-order valence-corrected chi connectivity index (χ4v) is 2.50. The van der Waals surface area contributed by atoms with Crippen LogP contribution >= 0.6 is 0 Å². The van der Waals surface area contributed by atoms with Gasteiger partial charge in [-0.2, -0.15) is 0 Å². The van der Waals surface area contributed by atoms with E-state index in [4.69, 9.17) is 9.47 Å². The van der Waals surface area contributed by atoms with Gasteiger partial charge < -0.3 is 19.7 Å². The Morgan fingerprint density at radius 1 is 1.00 bits per heavy atom. The van der Waals surface area contributed by atoms with Crippen LogP contribution in [0.4, 0.5) is 4.39 Å². The van der Waals surface area contributed by atoms with Gasteiger partial charge in [0.1, 0.15) is 23.9 Å². The van der Waals surface area contributed by atoms with Gasteiger partial charge in [-0.15, -0.1) is 0 Å². The Bertz CT molecular complexity index is 763. The standard InChI is InChI=1S/C21H25FN2O4/c1-16(25)24(13-14-28-20-9-7-19(27-2)8-10-20)12-11-21(26)23-15-17-3-5-18(22)6-4-17/h3-10H,11-15H2,1-2H3,(H,23,26). The van der Waals surface area contributed by atoms with Gasteiger partial charge in [0.15, 0.2) is 0 Å². The topological polar surface area (TPSA) is 67.9 Å². The van der Waals surface area contributed by atoms with Crippen molar-refractivity contribution in [2.45, 2.75) is 19.9 Å². The first kappa shape index (κ1) is 21.2. The van der Waals surface area contributed by atoms with E-state index in [-0.39, 0.29) is 24.1 Å². The maximum atomic E-state index is 12.9. The zero-order valence-corrected chi connectivity index (χ0v) is 16.1. The third-order valence-electron chi connectivity index (χ3n) is 4.15. The maximum Gasteiger partial charge on any atom is 0.222 e. The van der Waals surface area contributed by atoms with Crippen molar-refractivity contribution in [2.24, 2.45) is 0 Å². The molecule has 6 nitrogen and oxygen atoms in total. The van der Waals surface area contributed by atoms with Gasteiger partial charge in [0.05, 0.1) is 13.7 Å². The average Bonchev–Trinajstić information content (AvgIpc) is 2.70. The number of ether oxygens (including phenoxy) is 2. The molecule has 0 heterocycles. The summed E-state index contributed by atoms with van der Waals surface area (Å²) >= 11 is 0. The number of carbonyl (C=O) groups excluding carboxylic acids is 2. The van der Waals surface area contributed by atoms with Crippen molar-refractivity contribution in [3.05, 3.63) is 59.9 Å². The highest BCUT2D eigenvalue weighted by molar-refractivity contribution is 5.78. The molecule has 0 aliphatic heterocycles. The van der Waals surface area contributed by atoms with Crippen molar-refractivity contribution in [1.29, 1.82) is 0 Å². The maximum absolute atomic E-state index is 12.9. The van der Waals surface area contributed by atoms with E-state index in [1.54, 1.807) is 48.4 Å². The van der Waals surface area contributed by atoms with Crippen molar-refractivity contribution in [2.75, 3.05) is 26.8 Å². The number of halogens is 1. The van der Waals surface area contributed by atoms with E-state index in [9.17, 15) is 14.0 Å². The lowest BCUT2D eigenvalue weighted by Gasteiger charge is -2.21. The van der Waals surface area contributed by atoms with E-state index in [1.165, 1.54) is 19.1 Å². The molecule has 2 aromatic carbocycles. The molecule has 2 amide bonds. The predicted molar refractivity (Wildman–Crippen MR) is 104 cm³/mol. The second kappa shape index (κ2) is 10.9. The highest BCUT2D eigenvalue weighted by Gasteiger charge is 2.11. The number of benzene rings is 2. The average molecular weight is 388 g/mol. The molecule has 0 bridgehead atoms. The van der Waals surface area contributed by atoms with Crippen LogP contribution in [0.5, 0.6) is 11.5 Å². The molecular formula is C21H25FN2O4. The summed E-state index contributed by atoms with van der Waals surface area (Å²) in [6.45, 7) is 2.79. The molecule has 0 spiro atoms. The van der Waals surface area contributed by atoms with Crippen LogP contribution in [0.1, 0.15) is 18.9 Å². The van der Waals surface area contributed by atoms with Crippen LogP contribution in [0.3, 0.4) is 0 Å². The van der Waals surface area contributed by atoms with Crippen molar-refractivity contribution in [1.82, 2.24) is 10.2 Å². The number of rotatable bonds is 10. The molecule has 0 aromatic heterocycles. The smallest absolute Gasteiger partial charge is 0.222 e. The molecule has 7 heteroatoms. The van der Waals surface area contributed by atoms with Gasteiger partial charge in [-0.3, -0.25) is 9.59 Å². The summed E-state index contributed by atoms with van der Waals surface area (Å²) in [6.07, 6.45) is 0.184. The fourth-order valence-electron chi connectivity index (χ4n) is 2.50.